The molecule has 130 valence electrons. The van der Waals surface area contributed by atoms with E-state index >= 15 is 0 Å². The number of nitrogens with zero attached hydrogens (tertiary/aromatic N) is 4. The Kier molecular flexibility index (Phi) is 4.86. The maximum absolute atomic E-state index is 4.20. The molecule has 0 amide bonds. The Hall–Kier alpha value is -2.83. The molecule has 4 aromatic rings. The van der Waals surface area contributed by atoms with Gasteiger partial charge in [-0.15, -0.1) is 16.4 Å². The van der Waals surface area contributed by atoms with Gasteiger partial charge in [-0.05, 0) is 46.5 Å². The molecule has 0 aliphatic carbocycles. The number of nitrogens with one attached hydrogen (secondary N) is 1. The Labute approximate surface area is 156 Å². The van der Waals surface area contributed by atoms with Crippen LogP contribution < -0.4 is 5.32 Å². The molecule has 4 rings (SSSR count). The van der Waals surface area contributed by atoms with Crippen LogP contribution in [0.25, 0.3) is 5.69 Å². The van der Waals surface area contributed by atoms with E-state index < -0.39 is 0 Å². The summed E-state index contributed by atoms with van der Waals surface area (Å²) in [5, 5.41) is 17.9. The summed E-state index contributed by atoms with van der Waals surface area (Å²) in [4.78, 5) is 1.27. The van der Waals surface area contributed by atoms with Crippen molar-refractivity contribution < 1.29 is 0 Å². The monoisotopic (exact) mass is 361 g/mol. The Morgan fingerprint density at radius 3 is 2.54 bits per heavy atom. The third kappa shape index (κ3) is 3.56. The third-order valence-electron chi connectivity index (χ3n) is 4.24. The van der Waals surface area contributed by atoms with Gasteiger partial charge in [-0.3, -0.25) is 5.32 Å². The molecule has 0 aliphatic rings. The zero-order valence-electron chi connectivity index (χ0n) is 14.4. The van der Waals surface area contributed by atoms with Gasteiger partial charge in [-0.2, -0.15) is 4.68 Å². The van der Waals surface area contributed by atoms with E-state index in [4.69, 9.17) is 0 Å². The quantitative estimate of drug-likeness (QED) is 0.566. The lowest BCUT2D eigenvalue weighted by Gasteiger charge is -2.18. The number of thiophene rings is 1. The SMILES string of the molecule is Cc1ccc([C@@H](NCc2nnnn2-c2ccccc2)c2cccs2)cc1. The number of aromatic nitrogens is 4. The number of hydrogen-bond donors (Lipinski definition) is 1. The lowest BCUT2D eigenvalue weighted by atomic mass is 10.0. The molecule has 0 unspecified atom stereocenters. The Bertz CT molecular complexity index is 946. The summed E-state index contributed by atoms with van der Waals surface area (Å²) in [7, 11) is 0. The van der Waals surface area contributed by atoms with Crippen molar-refractivity contribution in [1.29, 1.82) is 0 Å². The highest BCUT2D eigenvalue weighted by atomic mass is 32.1. The Morgan fingerprint density at radius 1 is 1.00 bits per heavy atom. The van der Waals surface area contributed by atoms with Crippen molar-refractivity contribution in [3.05, 3.63) is 93.9 Å². The zero-order chi connectivity index (χ0) is 17.8. The van der Waals surface area contributed by atoms with Gasteiger partial charge in [0.2, 0.25) is 0 Å². The Morgan fingerprint density at radius 2 is 1.81 bits per heavy atom. The molecule has 2 heterocycles. The van der Waals surface area contributed by atoms with Gasteiger partial charge in [0.25, 0.3) is 0 Å². The van der Waals surface area contributed by atoms with Crippen molar-refractivity contribution in [1.82, 2.24) is 25.5 Å². The van der Waals surface area contributed by atoms with Gasteiger partial charge >= 0.3 is 0 Å². The lowest BCUT2D eigenvalue weighted by molar-refractivity contribution is 0.582. The fourth-order valence-corrected chi connectivity index (χ4v) is 3.70. The van der Waals surface area contributed by atoms with Crippen LogP contribution in [0.5, 0.6) is 0 Å². The Balaban J connectivity index is 1.58. The van der Waals surface area contributed by atoms with E-state index in [0.717, 1.165) is 11.5 Å². The average Bonchev–Trinajstić information content (AvgIpc) is 3.36. The van der Waals surface area contributed by atoms with Gasteiger partial charge < -0.3 is 0 Å². The number of para-hydroxylation sites is 1. The van der Waals surface area contributed by atoms with Crippen molar-refractivity contribution in [2.24, 2.45) is 0 Å². The predicted molar refractivity (Wildman–Crippen MR) is 103 cm³/mol. The van der Waals surface area contributed by atoms with Crippen LogP contribution in [0.4, 0.5) is 0 Å². The van der Waals surface area contributed by atoms with Crippen molar-refractivity contribution in [3.63, 3.8) is 0 Å². The topological polar surface area (TPSA) is 55.6 Å². The van der Waals surface area contributed by atoms with Crippen LogP contribution >= 0.6 is 11.3 Å². The zero-order valence-corrected chi connectivity index (χ0v) is 15.2. The number of benzene rings is 2. The minimum atomic E-state index is 0.108. The predicted octanol–water partition coefficient (Wildman–Crippen LogP) is 3.91. The van der Waals surface area contributed by atoms with E-state index in [1.54, 1.807) is 16.0 Å². The van der Waals surface area contributed by atoms with Crippen LogP contribution in [0.15, 0.2) is 72.1 Å². The molecule has 2 aromatic carbocycles. The van der Waals surface area contributed by atoms with Gasteiger partial charge in [0.1, 0.15) is 0 Å². The van der Waals surface area contributed by atoms with Crippen LogP contribution in [-0.2, 0) is 6.54 Å². The molecule has 1 atom stereocenters. The molecular weight excluding hydrogens is 342 g/mol. The first-order valence-corrected chi connectivity index (χ1v) is 9.35. The molecule has 0 saturated carbocycles. The van der Waals surface area contributed by atoms with E-state index in [1.807, 2.05) is 30.3 Å². The molecule has 0 saturated heterocycles. The number of aryl methyl sites for hydroxylation is 1. The van der Waals surface area contributed by atoms with Gasteiger partial charge in [0.05, 0.1) is 18.3 Å². The van der Waals surface area contributed by atoms with Gasteiger partial charge in [-0.25, -0.2) is 0 Å². The second-order valence-electron chi connectivity index (χ2n) is 6.08. The minimum absolute atomic E-state index is 0.108. The summed E-state index contributed by atoms with van der Waals surface area (Å²) < 4.78 is 1.77. The van der Waals surface area contributed by atoms with E-state index in [1.165, 1.54) is 16.0 Å². The summed E-state index contributed by atoms with van der Waals surface area (Å²) >= 11 is 1.75. The maximum Gasteiger partial charge on any atom is 0.170 e. The van der Waals surface area contributed by atoms with E-state index in [0.29, 0.717) is 6.54 Å². The van der Waals surface area contributed by atoms with Crippen molar-refractivity contribution in [2.45, 2.75) is 19.5 Å². The summed E-state index contributed by atoms with van der Waals surface area (Å²) in [6.07, 6.45) is 0. The fraction of sp³-hybridized carbons (Fsp3) is 0.150. The minimum Gasteiger partial charge on any atom is -0.298 e. The highest BCUT2D eigenvalue weighted by Gasteiger charge is 2.17. The molecular formula is C20H19N5S. The number of rotatable bonds is 6. The standard InChI is InChI=1S/C20H19N5S/c1-15-9-11-16(12-10-15)20(18-8-5-13-26-18)21-14-19-22-23-24-25(19)17-6-3-2-4-7-17/h2-13,20-21H,14H2,1H3/t20-/m1/s1. The fourth-order valence-electron chi connectivity index (χ4n) is 2.88. The molecule has 1 N–H and O–H groups in total. The normalized spacial score (nSPS) is 12.2. The van der Waals surface area contributed by atoms with Crippen LogP contribution in [0.3, 0.4) is 0 Å². The van der Waals surface area contributed by atoms with Crippen LogP contribution in [0.1, 0.15) is 27.9 Å². The van der Waals surface area contributed by atoms with Crippen LogP contribution in [0, 0.1) is 6.92 Å². The van der Waals surface area contributed by atoms with Gasteiger partial charge in [0.15, 0.2) is 5.82 Å². The molecule has 0 fully saturated rings. The highest BCUT2D eigenvalue weighted by Crippen LogP contribution is 2.26. The van der Waals surface area contributed by atoms with E-state index in [-0.39, 0.29) is 6.04 Å². The summed E-state index contributed by atoms with van der Waals surface area (Å²) in [5.74, 6) is 0.782. The van der Waals surface area contributed by atoms with Crippen molar-refractivity contribution >= 4 is 11.3 Å². The van der Waals surface area contributed by atoms with Crippen molar-refractivity contribution in [2.75, 3.05) is 0 Å². The summed E-state index contributed by atoms with van der Waals surface area (Å²) in [6, 6.07) is 22.9. The molecule has 2 aromatic heterocycles. The maximum atomic E-state index is 4.20. The second-order valence-corrected chi connectivity index (χ2v) is 7.06. The van der Waals surface area contributed by atoms with Crippen LogP contribution in [0.2, 0.25) is 0 Å². The van der Waals surface area contributed by atoms with E-state index in [2.05, 4.69) is 69.5 Å². The summed E-state index contributed by atoms with van der Waals surface area (Å²) in [5.41, 5.74) is 3.45. The third-order valence-corrected chi connectivity index (χ3v) is 5.17. The largest absolute Gasteiger partial charge is 0.298 e. The average molecular weight is 361 g/mol. The molecule has 0 aliphatic heterocycles. The first kappa shape index (κ1) is 16.6. The summed E-state index contributed by atoms with van der Waals surface area (Å²) in [6.45, 7) is 2.67. The molecule has 5 nitrogen and oxygen atoms in total. The molecule has 6 heteroatoms. The van der Waals surface area contributed by atoms with Crippen LogP contribution in [-0.4, -0.2) is 20.2 Å². The first-order valence-electron chi connectivity index (χ1n) is 8.47. The van der Waals surface area contributed by atoms with E-state index in [9.17, 15) is 0 Å². The molecule has 0 bridgehead atoms. The van der Waals surface area contributed by atoms with Gasteiger partial charge in [-0.1, -0.05) is 54.1 Å². The lowest BCUT2D eigenvalue weighted by Crippen LogP contribution is -2.23. The van der Waals surface area contributed by atoms with Gasteiger partial charge in [0, 0.05) is 4.88 Å². The number of hydrogen-bond acceptors (Lipinski definition) is 5. The smallest absolute Gasteiger partial charge is 0.170 e. The molecule has 0 radical (unpaired) electrons. The molecule has 0 spiro atoms. The van der Waals surface area contributed by atoms with Crippen molar-refractivity contribution in [3.8, 4) is 5.69 Å². The highest BCUT2D eigenvalue weighted by molar-refractivity contribution is 7.10. The molecule has 26 heavy (non-hydrogen) atoms. The second kappa shape index (κ2) is 7.59. The first-order chi connectivity index (χ1) is 12.8. The number of tetrazole rings is 1.